The van der Waals surface area contributed by atoms with Crippen molar-refractivity contribution < 1.29 is 39.5 Å². The van der Waals surface area contributed by atoms with Gasteiger partial charge in [-0.15, -0.1) is 0 Å². The lowest BCUT2D eigenvalue weighted by Crippen LogP contribution is -2.34. The maximum absolute atomic E-state index is 14.2. The number of ether oxygens (including phenoxy) is 1. The van der Waals surface area contributed by atoms with Gasteiger partial charge in [0.1, 0.15) is 17.5 Å². The van der Waals surface area contributed by atoms with Crippen LogP contribution in [0.25, 0.3) is 22.2 Å². The summed E-state index contributed by atoms with van der Waals surface area (Å²) in [6.45, 7) is 1.95. The minimum absolute atomic E-state index is 0.0991. The Morgan fingerprint density at radius 3 is 2.28 bits per heavy atom. The standard InChI is InChI=1S/C31H29F6N5O4S/c32-30(33,34)17-47(44,45)23-7-8-24(26(14-23)31(35,36)37)25-13-19-15-39-29(41-27(19)42(28(25)43)16-18-1-2-18)40-20-3-5-21(6-4-20)46-22-9-11-38-12-10-22/h3-8,13-15,18,22,38H,1-2,9-12,16-17H2,(H,39,40,41). The Kier molecular flexibility index (Phi) is 8.67. The number of alkyl halides is 6. The number of sulfone groups is 1. The summed E-state index contributed by atoms with van der Waals surface area (Å²) in [5, 5.41) is 6.58. The highest BCUT2D eigenvalue weighted by Gasteiger charge is 2.39. The van der Waals surface area contributed by atoms with Gasteiger partial charge in [-0.3, -0.25) is 9.36 Å². The van der Waals surface area contributed by atoms with Crippen molar-refractivity contribution in [1.82, 2.24) is 19.9 Å². The number of aromatic nitrogens is 3. The largest absolute Gasteiger partial charge is 0.490 e. The average Bonchev–Trinajstić information content (AvgIpc) is 3.83. The third-order valence-corrected chi connectivity index (χ3v) is 9.64. The second-order valence-corrected chi connectivity index (χ2v) is 13.7. The molecule has 0 amide bonds. The van der Waals surface area contributed by atoms with E-state index in [4.69, 9.17) is 4.74 Å². The Balaban J connectivity index is 1.35. The minimum atomic E-state index is -5.19. The monoisotopic (exact) mass is 681 g/mol. The number of halogens is 6. The first-order valence-electron chi connectivity index (χ1n) is 14.8. The van der Waals surface area contributed by atoms with Gasteiger partial charge in [0.15, 0.2) is 15.6 Å². The first kappa shape index (κ1) is 32.7. The molecular weight excluding hydrogens is 652 g/mol. The van der Waals surface area contributed by atoms with Gasteiger partial charge in [-0.25, -0.2) is 13.4 Å². The van der Waals surface area contributed by atoms with E-state index in [9.17, 15) is 39.6 Å². The molecule has 2 aromatic carbocycles. The molecule has 0 unspecified atom stereocenters. The van der Waals surface area contributed by atoms with E-state index in [0.29, 0.717) is 23.6 Å². The van der Waals surface area contributed by atoms with Gasteiger partial charge >= 0.3 is 12.4 Å². The van der Waals surface area contributed by atoms with E-state index in [2.05, 4.69) is 20.6 Å². The summed E-state index contributed by atoms with van der Waals surface area (Å²) in [7, 11) is -5.14. The van der Waals surface area contributed by atoms with Crippen LogP contribution in [0.2, 0.25) is 0 Å². The first-order chi connectivity index (χ1) is 22.2. The topological polar surface area (TPSA) is 115 Å². The summed E-state index contributed by atoms with van der Waals surface area (Å²) >= 11 is 0. The van der Waals surface area contributed by atoms with Gasteiger partial charge in [0.2, 0.25) is 5.95 Å². The van der Waals surface area contributed by atoms with Crippen LogP contribution in [0.3, 0.4) is 0 Å². The molecule has 47 heavy (non-hydrogen) atoms. The molecule has 16 heteroatoms. The molecule has 3 heterocycles. The number of rotatable bonds is 9. The van der Waals surface area contributed by atoms with Crippen molar-refractivity contribution in [3.8, 4) is 16.9 Å². The molecule has 0 atom stereocenters. The number of hydrogen-bond donors (Lipinski definition) is 2. The lowest BCUT2D eigenvalue weighted by atomic mass is 9.99. The third kappa shape index (κ3) is 7.70. The van der Waals surface area contributed by atoms with Crippen molar-refractivity contribution in [2.75, 3.05) is 24.2 Å². The highest BCUT2D eigenvalue weighted by molar-refractivity contribution is 7.91. The van der Waals surface area contributed by atoms with Gasteiger partial charge in [0.25, 0.3) is 5.56 Å². The van der Waals surface area contributed by atoms with Crippen LogP contribution < -0.4 is 20.9 Å². The number of pyridine rings is 1. The van der Waals surface area contributed by atoms with E-state index in [0.717, 1.165) is 38.8 Å². The highest BCUT2D eigenvalue weighted by atomic mass is 32.2. The summed E-state index contributed by atoms with van der Waals surface area (Å²) in [6.07, 6.45) is -5.47. The van der Waals surface area contributed by atoms with E-state index < -0.39 is 55.1 Å². The number of hydrogen-bond acceptors (Lipinski definition) is 8. The summed E-state index contributed by atoms with van der Waals surface area (Å²) in [5.74, 6) is -1.39. The minimum Gasteiger partial charge on any atom is -0.490 e. The quantitative estimate of drug-likeness (QED) is 0.204. The Morgan fingerprint density at radius 1 is 0.936 bits per heavy atom. The Morgan fingerprint density at radius 2 is 1.64 bits per heavy atom. The van der Waals surface area contributed by atoms with Crippen molar-refractivity contribution in [1.29, 1.82) is 0 Å². The van der Waals surface area contributed by atoms with Crippen LogP contribution in [0.1, 0.15) is 31.2 Å². The SMILES string of the molecule is O=c1c(-c2ccc(S(=O)(=O)CC(F)(F)F)cc2C(F)(F)F)cc2cnc(Nc3ccc(OC4CCNCC4)cc3)nc2n1CC1CC1. The Bertz CT molecular complexity index is 1950. The second kappa shape index (κ2) is 12.4. The first-order valence-corrected chi connectivity index (χ1v) is 16.5. The molecule has 1 aliphatic heterocycles. The molecule has 4 aromatic rings. The molecule has 0 radical (unpaired) electrons. The summed E-state index contributed by atoms with van der Waals surface area (Å²) < 4.78 is 113. The van der Waals surface area contributed by atoms with Gasteiger partial charge in [0.05, 0.1) is 10.5 Å². The molecule has 2 aliphatic rings. The number of nitrogens with one attached hydrogen (secondary N) is 2. The zero-order valence-corrected chi connectivity index (χ0v) is 25.5. The number of piperidine rings is 1. The van der Waals surface area contributed by atoms with E-state index >= 15 is 0 Å². The molecule has 1 aliphatic carbocycles. The van der Waals surface area contributed by atoms with E-state index in [-0.39, 0.29) is 41.6 Å². The van der Waals surface area contributed by atoms with Crippen LogP contribution in [-0.4, -0.2) is 54.1 Å². The fraction of sp³-hybridized carbons (Fsp3) is 0.387. The molecule has 0 spiro atoms. The summed E-state index contributed by atoms with van der Waals surface area (Å²) in [4.78, 5) is 21.4. The molecule has 6 rings (SSSR count). The zero-order valence-electron chi connectivity index (χ0n) is 24.7. The molecule has 2 aromatic heterocycles. The van der Waals surface area contributed by atoms with Crippen molar-refractivity contribution in [3.05, 3.63) is 70.6 Å². The van der Waals surface area contributed by atoms with Crippen LogP contribution in [-0.2, 0) is 22.6 Å². The van der Waals surface area contributed by atoms with E-state index in [1.54, 1.807) is 24.3 Å². The highest BCUT2D eigenvalue weighted by Crippen LogP contribution is 2.39. The number of benzene rings is 2. The van der Waals surface area contributed by atoms with Crippen molar-refractivity contribution in [2.45, 2.75) is 55.6 Å². The summed E-state index contributed by atoms with van der Waals surface area (Å²) in [6, 6.07) is 9.84. The lowest BCUT2D eigenvalue weighted by Gasteiger charge is -2.23. The number of fused-ring (bicyclic) bond motifs is 1. The Labute approximate surface area is 264 Å². The van der Waals surface area contributed by atoms with Crippen molar-refractivity contribution in [2.24, 2.45) is 5.92 Å². The third-order valence-electron chi connectivity index (χ3n) is 7.96. The molecular formula is C31H29F6N5O4S. The average molecular weight is 682 g/mol. The van der Waals surface area contributed by atoms with Crippen molar-refractivity contribution >= 4 is 32.5 Å². The van der Waals surface area contributed by atoms with Gasteiger partial charge in [-0.2, -0.15) is 31.3 Å². The molecule has 2 N–H and O–H groups in total. The fourth-order valence-electron chi connectivity index (χ4n) is 5.48. The van der Waals surface area contributed by atoms with Crippen LogP contribution in [0, 0.1) is 5.92 Å². The maximum atomic E-state index is 14.2. The predicted octanol–water partition coefficient (Wildman–Crippen LogP) is 6.10. The van der Waals surface area contributed by atoms with Gasteiger partial charge in [0, 0.05) is 29.4 Å². The molecule has 9 nitrogen and oxygen atoms in total. The zero-order chi connectivity index (χ0) is 33.6. The van der Waals surface area contributed by atoms with E-state index in [1.807, 2.05) is 0 Å². The molecule has 1 saturated carbocycles. The van der Waals surface area contributed by atoms with Gasteiger partial charge in [-0.1, -0.05) is 6.07 Å². The summed E-state index contributed by atoms with van der Waals surface area (Å²) in [5.41, 5.74) is -2.66. The van der Waals surface area contributed by atoms with Gasteiger partial charge < -0.3 is 15.4 Å². The van der Waals surface area contributed by atoms with Gasteiger partial charge in [-0.05, 0) is 92.7 Å². The molecule has 1 saturated heterocycles. The van der Waals surface area contributed by atoms with Crippen LogP contribution in [0.5, 0.6) is 5.75 Å². The Hall–Kier alpha value is -4.18. The normalized spacial score (nSPS) is 16.4. The maximum Gasteiger partial charge on any atom is 0.417 e. The molecule has 0 bridgehead atoms. The smallest absolute Gasteiger partial charge is 0.417 e. The predicted molar refractivity (Wildman–Crippen MR) is 161 cm³/mol. The van der Waals surface area contributed by atoms with Crippen LogP contribution >= 0.6 is 0 Å². The number of nitrogens with zero attached hydrogens (tertiary/aromatic N) is 3. The lowest BCUT2D eigenvalue weighted by molar-refractivity contribution is -0.137. The number of anilines is 2. The van der Waals surface area contributed by atoms with Crippen LogP contribution in [0.15, 0.2) is 64.4 Å². The fourth-order valence-corrected chi connectivity index (χ4v) is 6.65. The van der Waals surface area contributed by atoms with Crippen LogP contribution in [0.4, 0.5) is 38.0 Å². The van der Waals surface area contributed by atoms with E-state index in [1.165, 1.54) is 16.8 Å². The molecule has 2 fully saturated rings. The second-order valence-electron chi connectivity index (χ2n) is 11.7. The molecule has 250 valence electrons. The van der Waals surface area contributed by atoms with Crippen molar-refractivity contribution in [3.63, 3.8) is 0 Å².